The van der Waals surface area contributed by atoms with Crippen LogP contribution in [0.1, 0.15) is 53.9 Å². The van der Waals surface area contributed by atoms with Crippen molar-refractivity contribution < 1.29 is 14.4 Å². The molecule has 1 aromatic carbocycles. The van der Waals surface area contributed by atoms with Gasteiger partial charge in [-0.25, -0.2) is 4.98 Å². The van der Waals surface area contributed by atoms with Gasteiger partial charge in [-0.05, 0) is 48.4 Å². The van der Waals surface area contributed by atoms with Crippen LogP contribution < -0.4 is 10.9 Å². The minimum absolute atomic E-state index is 0.137. The van der Waals surface area contributed by atoms with Gasteiger partial charge in [-0.15, -0.1) is 0 Å². The molecule has 10 heteroatoms. The predicted molar refractivity (Wildman–Crippen MR) is 167 cm³/mol. The molecule has 3 aromatic rings. The second-order valence-corrected chi connectivity index (χ2v) is 11.6. The van der Waals surface area contributed by atoms with Gasteiger partial charge in [0, 0.05) is 51.5 Å². The van der Waals surface area contributed by atoms with Crippen LogP contribution in [0.25, 0.3) is 0 Å². The summed E-state index contributed by atoms with van der Waals surface area (Å²) in [4.78, 5) is 62.1. The third-order valence-corrected chi connectivity index (χ3v) is 7.38. The molecular formula is C33H40N6O4. The summed E-state index contributed by atoms with van der Waals surface area (Å²) in [6.07, 6.45) is 9.92. The number of para-hydroxylation sites is 1. The van der Waals surface area contributed by atoms with Gasteiger partial charge in [-0.2, -0.15) is 0 Å². The molecule has 1 aliphatic heterocycles. The van der Waals surface area contributed by atoms with Crippen molar-refractivity contribution in [2.75, 3.05) is 14.1 Å². The first kappa shape index (κ1) is 31.3. The SMILES string of the molecule is CC(C)Cc1cccc2c1N=C(Cn1cccc(CC(=O)[C@H](CC/C=C/C(=O)N(C)C)NC(=O)c3cncn3C)c1=O)C2. The number of aromatic nitrogens is 3. The fraction of sp³-hybridized carbons (Fsp3) is 0.394. The molecule has 10 nitrogen and oxygen atoms in total. The van der Waals surface area contributed by atoms with E-state index in [1.54, 1.807) is 54.7 Å². The van der Waals surface area contributed by atoms with E-state index in [1.807, 2.05) is 0 Å². The Balaban J connectivity index is 1.49. The van der Waals surface area contributed by atoms with E-state index in [-0.39, 0.29) is 30.1 Å². The molecule has 2 amide bonds. The summed E-state index contributed by atoms with van der Waals surface area (Å²) >= 11 is 0. The maximum atomic E-state index is 13.5. The molecule has 0 radical (unpaired) electrons. The predicted octanol–water partition coefficient (Wildman–Crippen LogP) is 3.44. The molecule has 3 heterocycles. The molecule has 43 heavy (non-hydrogen) atoms. The summed E-state index contributed by atoms with van der Waals surface area (Å²) in [6, 6.07) is 8.81. The summed E-state index contributed by atoms with van der Waals surface area (Å²) in [5, 5.41) is 2.81. The molecule has 4 rings (SSSR count). The number of imidazole rings is 1. The van der Waals surface area contributed by atoms with Crippen molar-refractivity contribution in [1.82, 2.24) is 24.3 Å². The van der Waals surface area contributed by atoms with Crippen molar-refractivity contribution in [3.05, 3.63) is 93.9 Å². The Morgan fingerprint density at radius 2 is 1.88 bits per heavy atom. The van der Waals surface area contributed by atoms with Crippen molar-refractivity contribution in [3.8, 4) is 0 Å². The number of carbonyl (C=O) groups excluding carboxylic acids is 3. The van der Waals surface area contributed by atoms with Crippen LogP contribution in [0.2, 0.25) is 0 Å². The summed E-state index contributed by atoms with van der Waals surface area (Å²) in [6.45, 7) is 4.70. The van der Waals surface area contributed by atoms with Gasteiger partial charge in [0.25, 0.3) is 11.5 Å². The second kappa shape index (κ2) is 14.0. The lowest BCUT2D eigenvalue weighted by Gasteiger charge is -2.17. The van der Waals surface area contributed by atoms with Crippen LogP contribution in [0.3, 0.4) is 0 Å². The Hall–Kier alpha value is -4.60. The number of pyridine rings is 1. The van der Waals surface area contributed by atoms with Crippen molar-refractivity contribution in [2.24, 2.45) is 18.0 Å². The molecule has 0 unspecified atom stereocenters. The molecular weight excluding hydrogens is 544 g/mol. The van der Waals surface area contributed by atoms with Crippen molar-refractivity contribution >= 4 is 29.0 Å². The van der Waals surface area contributed by atoms with Crippen molar-refractivity contribution in [1.29, 1.82) is 0 Å². The Labute approximate surface area is 252 Å². The van der Waals surface area contributed by atoms with Crippen LogP contribution in [-0.2, 0) is 42.4 Å². The highest BCUT2D eigenvalue weighted by atomic mass is 16.2. The molecule has 0 saturated carbocycles. The third kappa shape index (κ3) is 8.03. The van der Waals surface area contributed by atoms with Crippen molar-refractivity contribution in [3.63, 3.8) is 0 Å². The fourth-order valence-corrected chi connectivity index (χ4v) is 5.12. The molecule has 1 aliphatic rings. The van der Waals surface area contributed by atoms with E-state index in [0.717, 1.165) is 17.8 Å². The van der Waals surface area contributed by atoms with E-state index >= 15 is 0 Å². The smallest absolute Gasteiger partial charge is 0.270 e. The number of rotatable bonds is 13. The van der Waals surface area contributed by atoms with Gasteiger partial charge < -0.3 is 19.4 Å². The first-order chi connectivity index (χ1) is 20.5. The Morgan fingerprint density at radius 3 is 2.58 bits per heavy atom. The maximum Gasteiger partial charge on any atom is 0.270 e. The Morgan fingerprint density at radius 1 is 1.12 bits per heavy atom. The number of amides is 2. The van der Waals surface area contributed by atoms with E-state index in [4.69, 9.17) is 4.99 Å². The maximum absolute atomic E-state index is 13.5. The molecule has 0 aliphatic carbocycles. The highest BCUT2D eigenvalue weighted by Crippen LogP contribution is 2.32. The van der Waals surface area contributed by atoms with Crippen LogP contribution in [0, 0.1) is 5.92 Å². The van der Waals surface area contributed by atoms with E-state index in [9.17, 15) is 19.2 Å². The number of likely N-dealkylation sites (N-methyl/N-ethyl adjacent to an activating group) is 1. The highest BCUT2D eigenvalue weighted by molar-refractivity contribution is 5.97. The van der Waals surface area contributed by atoms with Crippen LogP contribution in [0.4, 0.5) is 5.69 Å². The standard InChI is InChI=1S/C33H40N6O4/c1-22(2)16-23-10-8-11-24-17-26(35-31(23)24)20-39-15-9-12-25(33(39)43)18-29(40)27(13-6-7-14-30(41)37(3)4)36-32(42)28-19-34-21-38(28)5/h7-12,14-15,19,21-22,27H,6,13,16-18,20H2,1-5H3,(H,36,42)/b14-7+/t27-/m0/s1. The van der Waals surface area contributed by atoms with Gasteiger partial charge in [0.15, 0.2) is 5.78 Å². The lowest BCUT2D eigenvalue weighted by molar-refractivity contribution is -0.123. The topological polar surface area (TPSA) is 119 Å². The summed E-state index contributed by atoms with van der Waals surface area (Å²) < 4.78 is 3.16. The van der Waals surface area contributed by atoms with E-state index in [2.05, 4.69) is 42.3 Å². The normalized spacial score (nSPS) is 13.2. The van der Waals surface area contributed by atoms with E-state index < -0.39 is 11.9 Å². The van der Waals surface area contributed by atoms with Gasteiger partial charge in [-0.1, -0.05) is 44.2 Å². The van der Waals surface area contributed by atoms with Crippen LogP contribution >= 0.6 is 0 Å². The first-order valence-corrected chi connectivity index (χ1v) is 14.6. The molecule has 1 N–H and O–H groups in total. The van der Waals surface area contributed by atoms with Crippen LogP contribution in [-0.4, -0.2) is 62.5 Å². The molecule has 0 bridgehead atoms. The minimum Gasteiger partial charge on any atom is -0.345 e. The van der Waals surface area contributed by atoms with Crippen LogP contribution in [0.5, 0.6) is 0 Å². The molecule has 1 atom stereocenters. The minimum atomic E-state index is -0.859. The number of hydrogen-bond donors (Lipinski definition) is 1. The molecule has 226 valence electrons. The zero-order valence-corrected chi connectivity index (χ0v) is 25.5. The molecule has 2 aromatic heterocycles. The van der Waals surface area contributed by atoms with Gasteiger partial charge in [-0.3, -0.25) is 24.2 Å². The number of aryl methyl sites for hydroxylation is 1. The summed E-state index contributed by atoms with van der Waals surface area (Å²) in [7, 11) is 5.00. The first-order valence-electron chi connectivity index (χ1n) is 14.6. The number of nitrogens with zero attached hydrogens (tertiary/aromatic N) is 5. The quantitative estimate of drug-likeness (QED) is 0.309. The molecule has 0 spiro atoms. The summed E-state index contributed by atoms with van der Waals surface area (Å²) in [5.74, 6) is -0.385. The van der Waals surface area contributed by atoms with E-state index in [1.165, 1.54) is 34.6 Å². The summed E-state index contributed by atoms with van der Waals surface area (Å²) in [5.41, 5.74) is 4.70. The number of ketones is 1. The number of Topliss-reactive ketones (excluding diaryl/α,β-unsaturated/α-hetero) is 1. The fourth-order valence-electron chi connectivity index (χ4n) is 5.12. The third-order valence-electron chi connectivity index (χ3n) is 7.38. The second-order valence-electron chi connectivity index (χ2n) is 11.6. The number of hydrogen-bond acceptors (Lipinski definition) is 6. The van der Waals surface area contributed by atoms with Gasteiger partial charge in [0.1, 0.15) is 5.69 Å². The number of allylic oxidation sites excluding steroid dienone is 1. The largest absolute Gasteiger partial charge is 0.345 e. The average Bonchev–Trinajstić information content (AvgIpc) is 3.58. The van der Waals surface area contributed by atoms with Gasteiger partial charge in [0.2, 0.25) is 5.91 Å². The number of nitrogens with one attached hydrogen (secondary N) is 1. The van der Waals surface area contributed by atoms with Gasteiger partial charge in [0.05, 0.1) is 30.8 Å². The van der Waals surface area contributed by atoms with Gasteiger partial charge >= 0.3 is 0 Å². The lowest BCUT2D eigenvalue weighted by Crippen LogP contribution is -2.42. The number of carbonyl (C=O) groups is 3. The number of benzene rings is 1. The zero-order valence-electron chi connectivity index (χ0n) is 25.5. The molecule has 0 fully saturated rings. The number of fused-ring (bicyclic) bond motifs is 1. The zero-order chi connectivity index (χ0) is 31.1. The molecule has 0 saturated heterocycles. The van der Waals surface area contributed by atoms with Crippen molar-refractivity contribution in [2.45, 2.75) is 58.5 Å². The Kier molecular flexibility index (Phi) is 10.2. The average molecular weight is 585 g/mol. The highest BCUT2D eigenvalue weighted by Gasteiger charge is 2.24. The van der Waals surface area contributed by atoms with E-state index in [0.29, 0.717) is 36.6 Å². The lowest BCUT2D eigenvalue weighted by atomic mass is 9.98. The van der Waals surface area contributed by atoms with Crippen LogP contribution in [0.15, 0.2) is 71.0 Å². The monoisotopic (exact) mass is 584 g/mol. The number of aliphatic imine (C=N–C) groups is 1. The Bertz CT molecular complexity index is 1610.